The van der Waals surface area contributed by atoms with E-state index in [0.717, 1.165) is 7.11 Å². The molecule has 0 bridgehead atoms. The van der Waals surface area contributed by atoms with Crippen molar-refractivity contribution in [3.05, 3.63) is 33.8 Å². The van der Waals surface area contributed by atoms with Crippen molar-refractivity contribution in [1.29, 1.82) is 0 Å². The van der Waals surface area contributed by atoms with E-state index >= 15 is 0 Å². The summed E-state index contributed by atoms with van der Waals surface area (Å²) < 4.78 is 43.0. The minimum absolute atomic E-state index is 0.111. The van der Waals surface area contributed by atoms with E-state index in [-0.39, 0.29) is 15.6 Å². The molecular formula is C13H11Cl2F3O3. The molecule has 2 rings (SSSR count). The van der Waals surface area contributed by atoms with Gasteiger partial charge in [0.15, 0.2) is 5.60 Å². The molecule has 0 spiro atoms. The third-order valence-corrected chi connectivity index (χ3v) is 4.50. The van der Waals surface area contributed by atoms with Crippen LogP contribution in [0.4, 0.5) is 13.2 Å². The molecule has 3 nitrogen and oxygen atoms in total. The van der Waals surface area contributed by atoms with Crippen LogP contribution in [0.1, 0.15) is 18.4 Å². The van der Waals surface area contributed by atoms with Gasteiger partial charge in [0, 0.05) is 12.8 Å². The summed E-state index contributed by atoms with van der Waals surface area (Å²) in [7, 11) is 1.08. The zero-order valence-corrected chi connectivity index (χ0v) is 12.3. The van der Waals surface area contributed by atoms with Crippen LogP contribution in [0.25, 0.3) is 0 Å². The highest BCUT2D eigenvalue weighted by Crippen LogP contribution is 2.57. The van der Waals surface area contributed by atoms with Gasteiger partial charge in [0.25, 0.3) is 0 Å². The number of hydrogen-bond donors (Lipinski definition) is 1. The van der Waals surface area contributed by atoms with Gasteiger partial charge in [0.05, 0.1) is 22.6 Å². The second-order valence-corrected chi connectivity index (χ2v) is 5.90. The maximum absolute atomic E-state index is 12.8. The van der Waals surface area contributed by atoms with Crippen LogP contribution in [0.2, 0.25) is 10.0 Å². The van der Waals surface area contributed by atoms with E-state index in [2.05, 4.69) is 4.74 Å². The Labute approximate surface area is 128 Å². The Kier molecular flexibility index (Phi) is 3.93. The lowest BCUT2D eigenvalue weighted by Crippen LogP contribution is -2.65. The lowest BCUT2D eigenvalue weighted by Gasteiger charge is -2.51. The second-order valence-electron chi connectivity index (χ2n) is 5.09. The minimum atomic E-state index is -4.82. The summed E-state index contributed by atoms with van der Waals surface area (Å²) in [6, 6.07) is 4.10. The number of esters is 1. The van der Waals surface area contributed by atoms with Crippen molar-refractivity contribution in [1.82, 2.24) is 0 Å². The summed E-state index contributed by atoms with van der Waals surface area (Å²) in [6.07, 6.45) is -6.44. The normalized spacial score (nSPS) is 28.9. The molecule has 8 heteroatoms. The van der Waals surface area contributed by atoms with Crippen LogP contribution in [-0.2, 0) is 14.9 Å². The number of carbonyl (C=O) groups is 1. The fraction of sp³-hybridized carbons (Fsp3) is 0.462. The SMILES string of the molecule is COC(=O)C1(c2ccc(Cl)c(Cl)c2)CC(O)(C(F)(F)F)C1. The van der Waals surface area contributed by atoms with Crippen molar-refractivity contribution < 1.29 is 27.8 Å². The first-order chi connectivity index (χ1) is 9.56. The summed E-state index contributed by atoms with van der Waals surface area (Å²) in [5.41, 5.74) is -4.25. The molecule has 1 aromatic carbocycles. The fourth-order valence-corrected chi connectivity index (χ4v) is 2.90. The third-order valence-electron chi connectivity index (χ3n) is 3.76. The third kappa shape index (κ3) is 2.49. The molecule has 21 heavy (non-hydrogen) atoms. The summed E-state index contributed by atoms with van der Waals surface area (Å²) in [6.45, 7) is 0. The van der Waals surface area contributed by atoms with Gasteiger partial charge in [-0.2, -0.15) is 13.2 Å². The number of ether oxygens (including phenoxy) is 1. The highest BCUT2D eigenvalue weighted by Gasteiger charge is 2.70. The van der Waals surface area contributed by atoms with Gasteiger partial charge in [0.2, 0.25) is 0 Å². The molecule has 1 N–H and O–H groups in total. The topological polar surface area (TPSA) is 46.5 Å². The monoisotopic (exact) mass is 342 g/mol. The molecule has 0 unspecified atom stereocenters. The van der Waals surface area contributed by atoms with Crippen LogP contribution < -0.4 is 0 Å². The first kappa shape index (κ1) is 16.4. The Morgan fingerprint density at radius 3 is 2.29 bits per heavy atom. The number of aliphatic hydroxyl groups is 1. The first-order valence-corrected chi connectivity index (χ1v) is 6.64. The van der Waals surface area contributed by atoms with Crippen LogP contribution in [0, 0.1) is 0 Å². The number of alkyl halides is 3. The molecular weight excluding hydrogens is 332 g/mol. The van der Waals surface area contributed by atoms with Crippen LogP contribution in [-0.4, -0.2) is 30.0 Å². The molecule has 0 saturated heterocycles. The average molecular weight is 343 g/mol. The van der Waals surface area contributed by atoms with Gasteiger partial charge in [-0.15, -0.1) is 0 Å². The maximum Gasteiger partial charge on any atom is 0.417 e. The van der Waals surface area contributed by atoms with Gasteiger partial charge in [-0.3, -0.25) is 4.79 Å². The number of carbonyl (C=O) groups excluding carboxylic acids is 1. The molecule has 0 aliphatic heterocycles. The van der Waals surface area contributed by atoms with E-state index in [4.69, 9.17) is 23.2 Å². The Hall–Kier alpha value is -0.980. The lowest BCUT2D eigenvalue weighted by molar-refractivity contribution is -0.302. The van der Waals surface area contributed by atoms with Crippen LogP contribution >= 0.6 is 23.2 Å². The Bertz CT molecular complexity index is 581. The highest BCUT2D eigenvalue weighted by atomic mass is 35.5. The first-order valence-electron chi connectivity index (χ1n) is 5.89. The van der Waals surface area contributed by atoms with Gasteiger partial charge >= 0.3 is 12.1 Å². The largest absolute Gasteiger partial charge is 0.468 e. The average Bonchev–Trinajstić information content (AvgIpc) is 2.35. The van der Waals surface area contributed by atoms with Gasteiger partial charge in [0.1, 0.15) is 0 Å². The van der Waals surface area contributed by atoms with Gasteiger partial charge in [-0.05, 0) is 17.7 Å². The standard InChI is InChI=1S/C13H11Cl2F3O3/c1-21-10(19)11(5-12(20,6-11)13(16,17)18)7-2-3-8(14)9(15)4-7/h2-4,20H,5-6H2,1H3. The van der Waals surface area contributed by atoms with Crippen molar-refractivity contribution in [3.8, 4) is 0 Å². The van der Waals surface area contributed by atoms with E-state index in [0.29, 0.717) is 0 Å². The fourth-order valence-electron chi connectivity index (χ4n) is 2.60. The molecule has 1 aliphatic rings. The highest BCUT2D eigenvalue weighted by molar-refractivity contribution is 6.42. The van der Waals surface area contributed by atoms with Gasteiger partial charge < -0.3 is 9.84 Å². The Morgan fingerprint density at radius 1 is 1.29 bits per heavy atom. The molecule has 0 radical (unpaired) electrons. The number of rotatable bonds is 2. The number of methoxy groups -OCH3 is 1. The smallest absolute Gasteiger partial charge is 0.417 e. The molecule has 1 aromatic rings. The van der Waals surface area contributed by atoms with Crippen LogP contribution in [0.5, 0.6) is 0 Å². The van der Waals surface area contributed by atoms with Crippen LogP contribution in [0.3, 0.4) is 0 Å². The van der Waals surface area contributed by atoms with Crippen molar-refractivity contribution in [2.75, 3.05) is 7.11 Å². The lowest BCUT2D eigenvalue weighted by atomic mass is 9.55. The summed E-state index contributed by atoms with van der Waals surface area (Å²) in [4.78, 5) is 12.0. The van der Waals surface area contributed by atoms with Crippen molar-refractivity contribution in [3.63, 3.8) is 0 Å². The van der Waals surface area contributed by atoms with E-state index in [1.165, 1.54) is 18.2 Å². The van der Waals surface area contributed by atoms with E-state index in [1.807, 2.05) is 0 Å². The molecule has 116 valence electrons. The molecule has 0 heterocycles. The van der Waals surface area contributed by atoms with E-state index < -0.39 is 36.0 Å². The van der Waals surface area contributed by atoms with E-state index in [9.17, 15) is 23.1 Å². The minimum Gasteiger partial charge on any atom is -0.468 e. The van der Waals surface area contributed by atoms with Gasteiger partial charge in [-0.1, -0.05) is 29.3 Å². The number of benzene rings is 1. The second kappa shape index (κ2) is 5.04. The van der Waals surface area contributed by atoms with Crippen molar-refractivity contribution in [2.24, 2.45) is 0 Å². The number of hydrogen-bond acceptors (Lipinski definition) is 3. The Morgan fingerprint density at radius 2 is 1.86 bits per heavy atom. The molecule has 0 amide bonds. The predicted octanol–water partition coefficient (Wildman–Crippen LogP) is 3.49. The number of halogens is 5. The van der Waals surface area contributed by atoms with Crippen LogP contribution in [0.15, 0.2) is 18.2 Å². The van der Waals surface area contributed by atoms with Crippen molar-refractivity contribution in [2.45, 2.75) is 30.0 Å². The molecule has 1 saturated carbocycles. The van der Waals surface area contributed by atoms with Gasteiger partial charge in [-0.25, -0.2) is 0 Å². The summed E-state index contributed by atoms with van der Waals surface area (Å²) in [5, 5.41) is 9.94. The van der Waals surface area contributed by atoms with Crippen molar-refractivity contribution >= 4 is 29.2 Å². The predicted molar refractivity (Wildman–Crippen MR) is 70.4 cm³/mol. The Balaban J connectivity index is 2.43. The van der Waals surface area contributed by atoms with E-state index in [1.54, 1.807) is 0 Å². The summed E-state index contributed by atoms with van der Waals surface area (Å²) in [5.74, 6) is -0.852. The quantitative estimate of drug-likeness (QED) is 0.837. The summed E-state index contributed by atoms with van der Waals surface area (Å²) >= 11 is 11.6. The maximum atomic E-state index is 12.8. The molecule has 1 aliphatic carbocycles. The molecule has 1 fully saturated rings. The molecule has 0 atom stereocenters. The molecule has 0 aromatic heterocycles. The zero-order valence-electron chi connectivity index (χ0n) is 10.8. The zero-order chi connectivity index (χ0) is 16.1.